The van der Waals surface area contributed by atoms with Crippen LogP contribution in [0.4, 0.5) is 0 Å². The first-order valence-electron chi connectivity index (χ1n) is 5.92. The molecule has 102 valence electrons. The normalized spacial score (nSPS) is 10.3. The van der Waals surface area contributed by atoms with Crippen LogP contribution < -0.4 is 0 Å². The van der Waals surface area contributed by atoms with E-state index < -0.39 is 0 Å². The van der Waals surface area contributed by atoms with Crippen molar-refractivity contribution in [2.24, 2.45) is 0 Å². The molecular weight excluding hydrogens is 250 g/mol. The summed E-state index contributed by atoms with van der Waals surface area (Å²) in [5.74, 6) is 0.232. The van der Waals surface area contributed by atoms with Gasteiger partial charge in [-0.2, -0.15) is 0 Å². The largest absolute Gasteiger partial charge is 0.461 e. The number of nitrogens with zero attached hydrogens (tertiary/aromatic N) is 1. The Balaban J connectivity index is 0.00000289. The summed E-state index contributed by atoms with van der Waals surface area (Å²) in [5.41, 5.74) is 1.85. The molecule has 0 aliphatic heterocycles. The Morgan fingerprint density at radius 2 is 1.78 bits per heavy atom. The van der Waals surface area contributed by atoms with E-state index >= 15 is 0 Å². The maximum absolute atomic E-state index is 11.7. The van der Waals surface area contributed by atoms with Gasteiger partial charge in [0.05, 0.1) is 5.56 Å². The van der Waals surface area contributed by atoms with Gasteiger partial charge in [0.2, 0.25) is 0 Å². The molecule has 0 aromatic heterocycles. The van der Waals surface area contributed by atoms with Crippen LogP contribution in [-0.2, 0) is 4.74 Å². The third-order valence-corrected chi connectivity index (χ3v) is 2.58. The topological polar surface area (TPSA) is 29.5 Å². The van der Waals surface area contributed by atoms with Crippen molar-refractivity contribution in [3.8, 4) is 0 Å². The molecule has 0 spiro atoms. The van der Waals surface area contributed by atoms with Crippen LogP contribution in [0.5, 0.6) is 0 Å². The maximum atomic E-state index is 11.7. The molecule has 0 radical (unpaired) electrons. The van der Waals surface area contributed by atoms with Gasteiger partial charge in [-0.05, 0) is 37.7 Å². The first kappa shape index (κ1) is 16.9. The van der Waals surface area contributed by atoms with E-state index in [2.05, 4.69) is 13.8 Å². The molecule has 1 aromatic rings. The minimum Gasteiger partial charge on any atom is -0.461 e. The van der Waals surface area contributed by atoms with Crippen LogP contribution in [0.2, 0.25) is 0 Å². The fourth-order valence-corrected chi connectivity index (χ4v) is 1.41. The molecule has 1 aromatic carbocycles. The van der Waals surface area contributed by atoms with E-state index in [-0.39, 0.29) is 18.4 Å². The number of likely N-dealkylation sites (N-methyl/N-ethyl adjacent to an activating group) is 1. The van der Waals surface area contributed by atoms with Crippen molar-refractivity contribution in [1.29, 1.82) is 0 Å². The Kier molecular flexibility index (Phi) is 7.64. The van der Waals surface area contributed by atoms with Gasteiger partial charge in [-0.25, -0.2) is 4.79 Å². The molecule has 3 nitrogen and oxygen atoms in total. The third kappa shape index (κ3) is 5.52. The van der Waals surface area contributed by atoms with E-state index in [9.17, 15) is 4.79 Å². The molecule has 0 amide bonds. The van der Waals surface area contributed by atoms with Crippen LogP contribution in [0.15, 0.2) is 24.3 Å². The van der Waals surface area contributed by atoms with Crippen molar-refractivity contribution in [3.05, 3.63) is 35.4 Å². The number of benzene rings is 1. The molecule has 0 N–H and O–H groups in total. The highest BCUT2D eigenvalue weighted by molar-refractivity contribution is 5.89. The molecule has 4 heteroatoms. The Labute approximate surface area is 116 Å². The van der Waals surface area contributed by atoms with Crippen molar-refractivity contribution >= 4 is 18.4 Å². The number of carbonyl (C=O) groups is 1. The number of carbonyl (C=O) groups excluding carboxylic acids is 1. The second-order valence-electron chi connectivity index (χ2n) is 4.72. The highest BCUT2D eigenvalue weighted by atomic mass is 35.5. The highest BCUT2D eigenvalue weighted by Crippen LogP contribution is 2.15. The fourth-order valence-electron chi connectivity index (χ4n) is 1.41. The first-order chi connectivity index (χ1) is 8.00. The van der Waals surface area contributed by atoms with Crippen LogP contribution in [-0.4, -0.2) is 38.1 Å². The lowest BCUT2D eigenvalue weighted by molar-refractivity contribution is 0.0482. The summed E-state index contributed by atoms with van der Waals surface area (Å²) in [5, 5.41) is 0. The van der Waals surface area contributed by atoms with Gasteiger partial charge in [0.15, 0.2) is 0 Å². The summed E-state index contributed by atoms with van der Waals surface area (Å²) in [7, 11) is 3.90. The molecule has 1 rings (SSSR count). The highest BCUT2D eigenvalue weighted by Gasteiger charge is 2.07. The van der Waals surface area contributed by atoms with Gasteiger partial charge in [-0.3, -0.25) is 0 Å². The zero-order chi connectivity index (χ0) is 12.8. The van der Waals surface area contributed by atoms with Crippen molar-refractivity contribution in [2.45, 2.75) is 19.8 Å². The van der Waals surface area contributed by atoms with E-state index in [1.807, 2.05) is 43.3 Å². The molecule has 18 heavy (non-hydrogen) atoms. The van der Waals surface area contributed by atoms with Crippen molar-refractivity contribution in [1.82, 2.24) is 4.90 Å². The Hall–Kier alpha value is -1.06. The smallest absolute Gasteiger partial charge is 0.338 e. The molecule has 0 bridgehead atoms. The van der Waals surface area contributed by atoms with Gasteiger partial charge < -0.3 is 9.64 Å². The van der Waals surface area contributed by atoms with Crippen LogP contribution in [0.3, 0.4) is 0 Å². The fraction of sp³-hybridized carbons (Fsp3) is 0.500. The lowest BCUT2D eigenvalue weighted by atomic mass is 10.0. The van der Waals surface area contributed by atoms with Gasteiger partial charge in [-0.1, -0.05) is 26.0 Å². The van der Waals surface area contributed by atoms with Crippen LogP contribution in [0.1, 0.15) is 35.7 Å². The van der Waals surface area contributed by atoms with Gasteiger partial charge in [0, 0.05) is 6.54 Å². The Bertz CT molecular complexity index is 361. The van der Waals surface area contributed by atoms with Gasteiger partial charge in [-0.15, -0.1) is 12.4 Å². The average Bonchev–Trinajstić information content (AvgIpc) is 2.28. The van der Waals surface area contributed by atoms with Crippen LogP contribution in [0, 0.1) is 0 Å². The van der Waals surface area contributed by atoms with Gasteiger partial charge in [0.1, 0.15) is 6.61 Å². The predicted octanol–water partition coefficient (Wildman–Crippen LogP) is 2.95. The number of halogens is 1. The minimum absolute atomic E-state index is 0. The number of esters is 1. The van der Waals surface area contributed by atoms with E-state index in [0.717, 1.165) is 6.54 Å². The Morgan fingerprint density at radius 3 is 2.22 bits per heavy atom. The molecule has 0 unspecified atom stereocenters. The molecule has 0 saturated carbocycles. The molecule has 0 heterocycles. The standard InChI is InChI=1S/C14H21NO2.ClH/c1-11(2)12-5-7-13(8-6-12)14(16)17-10-9-15(3)4;/h5-8,11H,9-10H2,1-4H3;1H. The zero-order valence-electron chi connectivity index (χ0n) is 11.5. The second kappa shape index (κ2) is 8.11. The van der Waals surface area contributed by atoms with Crippen molar-refractivity contribution in [3.63, 3.8) is 0 Å². The summed E-state index contributed by atoms with van der Waals surface area (Å²) < 4.78 is 5.16. The third-order valence-electron chi connectivity index (χ3n) is 2.58. The minimum atomic E-state index is -0.248. The summed E-state index contributed by atoms with van der Waals surface area (Å²) in [6.07, 6.45) is 0. The summed E-state index contributed by atoms with van der Waals surface area (Å²) >= 11 is 0. The van der Waals surface area contributed by atoms with Crippen molar-refractivity contribution in [2.75, 3.05) is 27.2 Å². The second-order valence-corrected chi connectivity index (χ2v) is 4.72. The van der Waals surface area contributed by atoms with Gasteiger partial charge >= 0.3 is 5.97 Å². The summed E-state index contributed by atoms with van der Waals surface area (Å²) in [4.78, 5) is 13.6. The summed E-state index contributed by atoms with van der Waals surface area (Å²) in [6, 6.07) is 7.61. The lowest BCUT2D eigenvalue weighted by Gasteiger charge is -2.10. The Morgan fingerprint density at radius 1 is 1.22 bits per heavy atom. The molecule has 0 saturated heterocycles. The molecule has 0 aliphatic carbocycles. The first-order valence-corrected chi connectivity index (χ1v) is 5.92. The average molecular weight is 272 g/mol. The quantitative estimate of drug-likeness (QED) is 0.771. The predicted molar refractivity (Wildman–Crippen MR) is 76.6 cm³/mol. The number of hydrogen-bond acceptors (Lipinski definition) is 3. The zero-order valence-corrected chi connectivity index (χ0v) is 12.3. The van der Waals surface area contributed by atoms with E-state index in [4.69, 9.17) is 4.74 Å². The monoisotopic (exact) mass is 271 g/mol. The van der Waals surface area contributed by atoms with Gasteiger partial charge in [0.25, 0.3) is 0 Å². The summed E-state index contributed by atoms with van der Waals surface area (Å²) in [6.45, 7) is 5.43. The maximum Gasteiger partial charge on any atom is 0.338 e. The van der Waals surface area contributed by atoms with E-state index in [1.54, 1.807) is 0 Å². The van der Waals surface area contributed by atoms with Crippen molar-refractivity contribution < 1.29 is 9.53 Å². The SMILES string of the molecule is CC(C)c1ccc(C(=O)OCCN(C)C)cc1.Cl. The molecule has 0 aliphatic rings. The molecule has 0 atom stereocenters. The van der Waals surface area contributed by atoms with E-state index in [0.29, 0.717) is 18.1 Å². The molecular formula is C14H22ClNO2. The molecule has 0 fully saturated rings. The lowest BCUT2D eigenvalue weighted by Crippen LogP contribution is -2.20. The number of ether oxygens (including phenoxy) is 1. The number of rotatable bonds is 5. The van der Waals surface area contributed by atoms with Crippen LogP contribution >= 0.6 is 12.4 Å². The number of hydrogen-bond donors (Lipinski definition) is 0. The van der Waals surface area contributed by atoms with E-state index in [1.165, 1.54) is 5.56 Å². The van der Waals surface area contributed by atoms with Crippen LogP contribution in [0.25, 0.3) is 0 Å².